The van der Waals surface area contributed by atoms with E-state index in [1.54, 1.807) is 0 Å². The van der Waals surface area contributed by atoms with Crippen LogP contribution in [0.4, 0.5) is 0 Å². The molecule has 0 saturated heterocycles. The molecule has 0 aliphatic carbocycles. The van der Waals surface area contributed by atoms with E-state index in [0.29, 0.717) is 5.57 Å². The molecule has 0 aromatic rings. The summed E-state index contributed by atoms with van der Waals surface area (Å²) in [4.78, 5) is 10.0. The smallest absolute Gasteiger partial charge is 0.146 e. The van der Waals surface area contributed by atoms with E-state index in [1.165, 1.54) is 19.3 Å². The molecule has 0 fully saturated rings. The highest BCUT2D eigenvalue weighted by Crippen LogP contribution is 2.05. The van der Waals surface area contributed by atoms with Crippen molar-refractivity contribution in [2.75, 3.05) is 0 Å². The van der Waals surface area contributed by atoms with Crippen LogP contribution >= 0.6 is 0 Å². The molecule has 0 saturated carbocycles. The van der Waals surface area contributed by atoms with Crippen LogP contribution < -0.4 is 0 Å². The molecule has 0 aliphatic rings. The lowest BCUT2D eigenvalue weighted by Gasteiger charge is -1.96. The van der Waals surface area contributed by atoms with Gasteiger partial charge in [0, 0.05) is 0 Å². The first-order chi connectivity index (χ1) is 4.81. The predicted molar refractivity (Wildman–Crippen MR) is 42.6 cm³/mol. The molecular formula is C9H15O. The Morgan fingerprint density at radius 2 is 2.10 bits per heavy atom. The van der Waals surface area contributed by atoms with Gasteiger partial charge < -0.3 is 0 Å². The molecule has 0 aromatic heterocycles. The summed E-state index contributed by atoms with van der Waals surface area (Å²) in [5.74, 6) is 0. The Kier molecular flexibility index (Phi) is 6.14. The summed E-state index contributed by atoms with van der Waals surface area (Å²) in [6.07, 6.45) is 6.21. The Balaban J connectivity index is 3.03. The van der Waals surface area contributed by atoms with Crippen molar-refractivity contribution < 1.29 is 4.79 Å². The lowest BCUT2D eigenvalue weighted by Crippen LogP contribution is -1.83. The predicted octanol–water partition coefficient (Wildman–Crippen LogP) is 2.52. The standard InChI is InChI=1S/C9H15O/c1-3-4-5-6-7-9(2)8-10/h2,8H,3-7H2,1H3. The fourth-order valence-corrected chi connectivity index (χ4v) is 0.815. The Labute approximate surface area is 63.1 Å². The van der Waals surface area contributed by atoms with Gasteiger partial charge in [-0.15, -0.1) is 0 Å². The molecule has 0 bridgehead atoms. The second kappa shape index (κ2) is 6.53. The molecule has 0 N–H and O–H groups in total. The van der Waals surface area contributed by atoms with Crippen LogP contribution in [-0.4, -0.2) is 6.29 Å². The topological polar surface area (TPSA) is 17.1 Å². The minimum atomic E-state index is 0.483. The summed E-state index contributed by atoms with van der Waals surface area (Å²) in [6, 6.07) is 0. The highest BCUT2D eigenvalue weighted by Gasteiger charge is 1.90. The van der Waals surface area contributed by atoms with E-state index in [9.17, 15) is 4.79 Å². The molecule has 0 spiro atoms. The van der Waals surface area contributed by atoms with Crippen molar-refractivity contribution in [3.63, 3.8) is 0 Å². The third kappa shape index (κ3) is 5.54. The molecule has 0 atom stereocenters. The van der Waals surface area contributed by atoms with E-state index >= 15 is 0 Å². The van der Waals surface area contributed by atoms with Gasteiger partial charge in [-0.1, -0.05) is 32.8 Å². The van der Waals surface area contributed by atoms with Crippen LogP contribution in [-0.2, 0) is 4.79 Å². The van der Waals surface area contributed by atoms with E-state index in [1.807, 2.05) is 0 Å². The number of rotatable bonds is 6. The van der Waals surface area contributed by atoms with Crippen LogP contribution in [0.2, 0.25) is 0 Å². The van der Waals surface area contributed by atoms with Crippen molar-refractivity contribution >= 4 is 6.29 Å². The lowest BCUT2D eigenvalue weighted by molar-refractivity contribution is -0.105. The molecule has 57 valence electrons. The van der Waals surface area contributed by atoms with Crippen molar-refractivity contribution in [3.05, 3.63) is 12.2 Å². The van der Waals surface area contributed by atoms with Gasteiger partial charge in [0.05, 0.1) is 0 Å². The van der Waals surface area contributed by atoms with Crippen LogP contribution in [0.25, 0.3) is 0 Å². The largest absolute Gasteiger partial charge is 0.298 e. The van der Waals surface area contributed by atoms with Crippen LogP contribution in [0.5, 0.6) is 0 Å². The summed E-state index contributed by atoms with van der Waals surface area (Å²) < 4.78 is 0. The van der Waals surface area contributed by atoms with Crippen molar-refractivity contribution in [2.45, 2.75) is 39.0 Å². The molecule has 0 heterocycles. The van der Waals surface area contributed by atoms with E-state index in [4.69, 9.17) is 6.58 Å². The maximum absolute atomic E-state index is 10.0. The SMILES string of the molecule is [CH]=C(C=O)CCCCCC. The van der Waals surface area contributed by atoms with Gasteiger partial charge in [-0.2, -0.15) is 0 Å². The number of carbonyl (C=O) groups is 1. The first-order valence-electron chi connectivity index (χ1n) is 3.87. The summed E-state index contributed by atoms with van der Waals surface area (Å²) >= 11 is 0. The molecule has 1 nitrogen and oxygen atoms in total. The van der Waals surface area contributed by atoms with Gasteiger partial charge in [-0.05, 0) is 18.4 Å². The van der Waals surface area contributed by atoms with Crippen molar-refractivity contribution in [1.29, 1.82) is 0 Å². The average Bonchev–Trinajstić information content (AvgIpc) is 1.98. The number of hydrogen-bond donors (Lipinski definition) is 0. The molecule has 0 rings (SSSR count). The number of carbonyl (C=O) groups excluding carboxylic acids is 1. The van der Waals surface area contributed by atoms with Gasteiger partial charge >= 0.3 is 0 Å². The monoisotopic (exact) mass is 139 g/mol. The van der Waals surface area contributed by atoms with Crippen molar-refractivity contribution in [2.24, 2.45) is 0 Å². The Hall–Kier alpha value is -0.590. The van der Waals surface area contributed by atoms with E-state index in [-0.39, 0.29) is 0 Å². The minimum absolute atomic E-state index is 0.483. The molecule has 1 radical (unpaired) electrons. The second-order valence-corrected chi connectivity index (χ2v) is 2.50. The quantitative estimate of drug-likeness (QED) is 0.314. The van der Waals surface area contributed by atoms with Gasteiger partial charge in [0.25, 0.3) is 0 Å². The number of aldehydes is 1. The van der Waals surface area contributed by atoms with Crippen LogP contribution in [0.15, 0.2) is 5.57 Å². The second-order valence-electron chi connectivity index (χ2n) is 2.50. The van der Waals surface area contributed by atoms with E-state index in [2.05, 4.69) is 6.92 Å². The normalized spacial score (nSPS) is 9.30. The van der Waals surface area contributed by atoms with Gasteiger partial charge in [0.1, 0.15) is 6.29 Å². The fourth-order valence-electron chi connectivity index (χ4n) is 0.815. The van der Waals surface area contributed by atoms with E-state index in [0.717, 1.165) is 19.1 Å². The summed E-state index contributed by atoms with van der Waals surface area (Å²) in [6.45, 7) is 7.46. The highest BCUT2D eigenvalue weighted by molar-refractivity contribution is 5.71. The van der Waals surface area contributed by atoms with Crippen molar-refractivity contribution in [1.82, 2.24) is 0 Å². The third-order valence-electron chi connectivity index (χ3n) is 1.47. The first-order valence-corrected chi connectivity index (χ1v) is 3.87. The highest BCUT2D eigenvalue weighted by atomic mass is 16.1. The molecule has 10 heavy (non-hydrogen) atoms. The maximum Gasteiger partial charge on any atom is 0.146 e. The van der Waals surface area contributed by atoms with Crippen LogP contribution in [0.1, 0.15) is 39.0 Å². The van der Waals surface area contributed by atoms with Gasteiger partial charge in [0.15, 0.2) is 0 Å². The third-order valence-corrected chi connectivity index (χ3v) is 1.47. The van der Waals surface area contributed by atoms with Gasteiger partial charge in [-0.3, -0.25) is 4.79 Å². The summed E-state index contributed by atoms with van der Waals surface area (Å²) in [7, 11) is 0. The molecule has 0 unspecified atom stereocenters. The summed E-state index contributed by atoms with van der Waals surface area (Å²) in [5, 5.41) is 0. The molecule has 0 aromatic carbocycles. The number of unbranched alkanes of at least 4 members (excludes halogenated alkanes) is 3. The first kappa shape index (κ1) is 9.41. The van der Waals surface area contributed by atoms with Crippen LogP contribution in [0, 0.1) is 6.58 Å². The zero-order chi connectivity index (χ0) is 7.82. The Morgan fingerprint density at radius 1 is 1.40 bits per heavy atom. The molecule has 0 amide bonds. The zero-order valence-electron chi connectivity index (χ0n) is 6.60. The maximum atomic E-state index is 10.0. The molecular weight excluding hydrogens is 124 g/mol. The Bertz CT molecular complexity index is 105. The van der Waals surface area contributed by atoms with Gasteiger partial charge in [0.2, 0.25) is 0 Å². The Morgan fingerprint density at radius 3 is 2.60 bits per heavy atom. The minimum Gasteiger partial charge on any atom is -0.298 e. The molecule has 0 aliphatic heterocycles. The number of allylic oxidation sites excluding steroid dienone is 1. The zero-order valence-corrected chi connectivity index (χ0v) is 6.60. The summed E-state index contributed by atoms with van der Waals surface area (Å²) in [5.41, 5.74) is 0.483. The van der Waals surface area contributed by atoms with Crippen LogP contribution in [0.3, 0.4) is 0 Å². The lowest BCUT2D eigenvalue weighted by atomic mass is 10.1. The number of hydrogen-bond acceptors (Lipinski definition) is 1. The van der Waals surface area contributed by atoms with Crippen molar-refractivity contribution in [3.8, 4) is 0 Å². The van der Waals surface area contributed by atoms with Gasteiger partial charge in [-0.25, -0.2) is 0 Å². The molecule has 1 heteroatoms. The fraction of sp³-hybridized carbons (Fsp3) is 0.667. The van der Waals surface area contributed by atoms with E-state index < -0.39 is 0 Å². The average molecular weight is 139 g/mol.